The third kappa shape index (κ3) is 3.45. The number of rotatable bonds is 2. The van der Waals surface area contributed by atoms with E-state index in [1.54, 1.807) is 11.1 Å². The Hall–Kier alpha value is -0.780. The molecule has 20 heavy (non-hydrogen) atoms. The molecular weight excluding hydrogens is 240 g/mol. The first-order valence-corrected chi connectivity index (χ1v) is 8.05. The predicted molar refractivity (Wildman–Crippen MR) is 92.0 cm³/mol. The third-order valence-corrected chi connectivity index (χ3v) is 4.04. The van der Waals surface area contributed by atoms with Crippen LogP contribution >= 0.6 is 0 Å². The Kier molecular flexibility index (Phi) is 4.79. The fraction of sp³-hybridized carbons (Fsp3) is 0.700. The van der Waals surface area contributed by atoms with Gasteiger partial charge in [-0.3, -0.25) is 0 Å². The molecule has 0 unspecified atom stereocenters. The minimum atomic E-state index is 0.188. The molecule has 1 rings (SSSR count). The summed E-state index contributed by atoms with van der Waals surface area (Å²) in [6.07, 6.45) is 0. The highest BCUT2D eigenvalue weighted by molar-refractivity contribution is 5.50. The Morgan fingerprint density at radius 3 is 1.50 bits per heavy atom. The molecular formula is C20H34. The van der Waals surface area contributed by atoms with E-state index in [1.807, 2.05) is 0 Å². The van der Waals surface area contributed by atoms with Crippen LogP contribution in [-0.2, 0) is 10.8 Å². The summed E-state index contributed by atoms with van der Waals surface area (Å²) in [6.45, 7) is 23.3. The van der Waals surface area contributed by atoms with E-state index in [2.05, 4.69) is 81.4 Å². The van der Waals surface area contributed by atoms with Crippen molar-refractivity contribution in [3.05, 3.63) is 34.4 Å². The van der Waals surface area contributed by atoms with E-state index in [1.165, 1.54) is 11.1 Å². The van der Waals surface area contributed by atoms with E-state index < -0.39 is 0 Å². The average molecular weight is 274 g/mol. The molecule has 0 aliphatic rings. The van der Waals surface area contributed by atoms with Crippen molar-refractivity contribution in [1.29, 1.82) is 0 Å². The van der Waals surface area contributed by atoms with Crippen LogP contribution in [0.5, 0.6) is 0 Å². The lowest BCUT2D eigenvalue weighted by Crippen LogP contribution is -2.25. The van der Waals surface area contributed by atoms with E-state index in [0.717, 1.165) is 0 Å². The van der Waals surface area contributed by atoms with E-state index in [0.29, 0.717) is 11.8 Å². The zero-order chi connectivity index (χ0) is 15.9. The van der Waals surface area contributed by atoms with Crippen LogP contribution in [0.2, 0.25) is 0 Å². The van der Waals surface area contributed by atoms with Gasteiger partial charge in [-0.1, -0.05) is 81.4 Å². The lowest BCUT2D eigenvalue weighted by atomic mass is 9.69. The molecule has 0 bridgehead atoms. The Labute approximate surface area is 127 Å². The highest BCUT2D eigenvalue weighted by Crippen LogP contribution is 2.42. The fourth-order valence-electron chi connectivity index (χ4n) is 3.19. The summed E-state index contributed by atoms with van der Waals surface area (Å²) in [4.78, 5) is 0. The fourth-order valence-corrected chi connectivity index (χ4v) is 3.19. The average Bonchev–Trinajstić information content (AvgIpc) is 2.24. The number of benzene rings is 1. The van der Waals surface area contributed by atoms with E-state index in [4.69, 9.17) is 0 Å². The monoisotopic (exact) mass is 274 g/mol. The predicted octanol–water partition coefficient (Wildman–Crippen LogP) is 6.53. The molecule has 0 heterocycles. The largest absolute Gasteiger partial charge is 0.0587 e. The van der Waals surface area contributed by atoms with Crippen LogP contribution in [0.1, 0.15) is 103 Å². The summed E-state index contributed by atoms with van der Waals surface area (Å²) in [5.41, 5.74) is 6.58. The maximum Gasteiger partial charge on any atom is -0.0126 e. The highest BCUT2D eigenvalue weighted by Gasteiger charge is 2.30. The number of hydrogen-bond acceptors (Lipinski definition) is 0. The lowest BCUT2D eigenvalue weighted by Gasteiger charge is -2.35. The van der Waals surface area contributed by atoms with Crippen LogP contribution < -0.4 is 0 Å². The molecule has 0 aromatic heterocycles. The summed E-state index contributed by atoms with van der Waals surface area (Å²) >= 11 is 0. The van der Waals surface area contributed by atoms with E-state index in [-0.39, 0.29) is 10.8 Å². The molecule has 0 aliphatic carbocycles. The topological polar surface area (TPSA) is 0 Å². The van der Waals surface area contributed by atoms with Gasteiger partial charge in [0.15, 0.2) is 0 Å². The molecule has 0 spiro atoms. The lowest BCUT2D eigenvalue weighted by molar-refractivity contribution is 0.519. The van der Waals surface area contributed by atoms with Gasteiger partial charge in [0.1, 0.15) is 0 Å². The highest BCUT2D eigenvalue weighted by atomic mass is 14.3. The van der Waals surface area contributed by atoms with Crippen molar-refractivity contribution in [2.45, 2.75) is 91.9 Å². The van der Waals surface area contributed by atoms with Gasteiger partial charge in [0, 0.05) is 0 Å². The maximum atomic E-state index is 2.38. The zero-order valence-corrected chi connectivity index (χ0v) is 15.3. The second-order valence-corrected chi connectivity index (χ2v) is 8.80. The Morgan fingerprint density at radius 2 is 1.20 bits per heavy atom. The van der Waals surface area contributed by atoms with Crippen molar-refractivity contribution in [1.82, 2.24) is 0 Å². The minimum Gasteiger partial charge on any atom is -0.0587 e. The smallest absolute Gasteiger partial charge is 0.0126 e. The van der Waals surface area contributed by atoms with Gasteiger partial charge in [-0.2, -0.15) is 0 Å². The van der Waals surface area contributed by atoms with Crippen molar-refractivity contribution in [3.63, 3.8) is 0 Å². The normalized spacial score (nSPS) is 13.4. The molecule has 1 aromatic rings. The zero-order valence-electron chi connectivity index (χ0n) is 15.3. The van der Waals surface area contributed by atoms with Crippen molar-refractivity contribution in [2.75, 3.05) is 0 Å². The van der Waals surface area contributed by atoms with Crippen LogP contribution in [0, 0.1) is 0 Å². The standard InChI is InChI=1S/C20H34/c1-13(2)15-11-12-16(19(5,6)7)18(20(8,9)10)17(15)14(3)4/h11-14H,1-10H3. The molecule has 0 radical (unpaired) electrons. The van der Waals surface area contributed by atoms with Gasteiger partial charge in [-0.05, 0) is 44.9 Å². The van der Waals surface area contributed by atoms with Gasteiger partial charge in [-0.25, -0.2) is 0 Å². The van der Waals surface area contributed by atoms with Gasteiger partial charge in [0.25, 0.3) is 0 Å². The van der Waals surface area contributed by atoms with Gasteiger partial charge < -0.3 is 0 Å². The Balaban J connectivity index is 3.81. The molecule has 0 heteroatoms. The first-order chi connectivity index (χ1) is 8.87. The SMILES string of the molecule is CC(C)c1ccc(C(C)(C)C)c(C(C)(C)C)c1C(C)C. The van der Waals surface area contributed by atoms with Crippen molar-refractivity contribution in [3.8, 4) is 0 Å². The third-order valence-electron chi connectivity index (χ3n) is 4.04. The summed E-state index contributed by atoms with van der Waals surface area (Å²) in [6, 6.07) is 4.75. The quantitative estimate of drug-likeness (QED) is 0.575. The van der Waals surface area contributed by atoms with Crippen LogP contribution in [0.15, 0.2) is 12.1 Å². The molecule has 0 atom stereocenters. The Bertz CT molecular complexity index is 462. The van der Waals surface area contributed by atoms with Crippen LogP contribution in [0.25, 0.3) is 0 Å². The minimum absolute atomic E-state index is 0.188. The molecule has 1 aromatic carbocycles. The van der Waals surface area contributed by atoms with Crippen molar-refractivity contribution < 1.29 is 0 Å². The van der Waals surface area contributed by atoms with E-state index >= 15 is 0 Å². The molecule has 0 amide bonds. The van der Waals surface area contributed by atoms with E-state index in [9.17, 15) is 0 Å². The van der Waals surface area contributed by atoms with Gasteiger partial charge in [-0.15, -0.1) is 0 Å². The molecule has 0 fully saturated rings. The first-order valence-electron chi connectivity index (χ1n) is 8.05. The summed E-state index contributed by atoms with van der Waals surface area (Å²) in [5, 5.41) is 0. The van der Waals surface area contributed by atoms with Gasteiger partial charge in [0.2, 0.25) is 0 Å². The number of hydrogen-bond donors (Lipinski definition) is 0. The maximum absolute atomic E-state index is 2.38. The summed E-state index contributed by atoms with van der Waals surface area (Å²) in [7, 11) is 0. The van der Waals surface area contributed by atoms with Gasteiger partial charge in [0.05, 0.1) is 0 Å². The molecule has 0 nitrogen and oxygen atoms in total. The molecule has 0 aliphatic heterocycles. The second-order valence-electron chi connectivity index (χ2n) is 8.80. The molecule has 0 N–H and O–H groups in total. The molecule has 0 saturated carbocycles. The summed E-state index contributed by atoms with van der Waals surface area (Å²) in [5.74, 6) is 1.16. The van der Waals surface area contributed by atoms with Crippen LogP contribution in [-0.4, -0.2) is 0 Å². The van der Waals surface area contributed by atoms with Crippen LogP contribution in [0.4, 0.5) is 0 Å². The molecule has 0 saturated heterocycles. The first kappa shape index (κ1) is 17.3. The van der Waals surface area contributed by atoms with Gasteiger partial charge >= 0.3 is 0 Å². The second kappa shape index (κ2) is 5.54. The van der Waals surface area contributed by atoms with Crippen LogP contribution in [0.3, 0.4) is 0 Å². The Morgan fingerprint density at radius 1 is 0.700 bits per heavy atom. The summed E-state index contributed by atoms with van der Waals surface area (Å²) < 4.78 is 0. The van der Waals surface area contributed by atoms with Crippen molar-refractivity contribution in [2.24, 2.45) is 0 Å². The van der Waals surface area contributed by atoms with Crippen molar-refractivity contribution >= 4 is 0 Å². The molecule has 114 valence electrons.